The molecule has 0 fully saturated rings. The first-order valence-electron chi connectivity index (χ1n) is 11.9. The Balaban J connectivity index is 1.62. The van der Waals surface area contributed by atoms with Crippen molar-refractivity contribution in [3.8, 4) is 16.8 Å². The third kappa shape index (κ3) is 4.31. The lowest BCUT2D eigenvalue weighted by atomic mass is 9.99. The highest BCUT2D eigenvalue weighted by atomic mass is 35.5. The molecule has 0 spiro atoms. The van der Waals surface area contributed by atoms with Gasteiger partial charge in [-0.2, -0.15) is 0 Å². The highest BCUT2D eigenvalue weighted by molar-refractivity contribution is 6.36. The Kier molecular flexibility index (Phi) is 6.30. The molecule has 6 aromatic rings. The van der Waals surface area contributed by atoms with Gasteiger partial charge in [0.25, 0.3) is 5.56 Å². The van der Waals surface area contributed by atoms with Gasteiger partial charge in [-0.1, -0.05) is 48.0 Å². The lowest BCUT2D eigenvalue weighted by molar-refractivity contribution is 0.774. The van der Waals surface area contributed by atoms with Crippen LogP contribution in [0.4, 0.5) is 5.82 Å². The molecule has 2 aromatic carbocycles. The zero-order valence-electron chi connectivity index (χ0n) is 20.4. The van der Waals surface area contributed by atoms with Gasteiger partial charge >= 0.3 is 0 Å². The number of benzene rings is 2. The molecule has 0 aliphatic rings. The summed E-state index contributed by atoms with van der Waals surface area (Å²) in [5, 5.41) is 5.06. The first-order valence-corrected chi connectivity index (χ1v) is 12.7. The topological polar surface area (TPSA) is 118 Å². The Morgan fingerprint density at radius 3 is 2.44 bits per heavy atom. The summed E-state index contributed by atoms with van der Waals surface area (Å²) in [6, 6.07) is 15.5. The average Bonchev–Trinajstić information content (AvgIpc) is 2.95. The van der Waals surface area contributed by atoms with E-state index in [1.165, 1.54) is 18.6 Å². The Morgan fingerprint density at radius 2 is 1.67 bits per heavy atom. The average molecular weight is 556 g/mol. The van der Waals surface area contributed by atoms with Gasteiger partial charge in [-0.05, 0) is 36.2 Å². The summed E-state index contributed by atoms with van der Waals surface area (Å²) in [5.74, 6) is 0.324. The molecule has 9 nitrogen and oxygen atoms in total. The molecule has 0 saturated carbocycles. The number of aromatic amines is 1. The van der Waals surface area contributed by atoms with E-state index in [1.807, 2.05) is 49.4 Å². The molecular formula is C28H19Cl2N7O2. The molecule has 39 heavy (non-hydrogen) atoms. The lowest BCUT2D eigenvalue weighted by Gasteiger charge is -2.24. The predicted molar refractivity (Wildman–Crippen MR) is 153 cm³/mol. The van der Waals surface area contributed by atoms with E-state index < -0.39 is 6.04 Å². The van der Waals surface area contributed by atoms with Crippen LogP contribution in [0.1, 0.15) is 18.7 Å². The largest absolute Gasteiger partial charge is 0.361 e. The molecule has 2 N–H and O–H groups in total. The Hall–Kier alpha value is -4.60. The van der Waals surface area contributed by atoms with Gasteiger partial charge in [0.15, 0.2) is 5.43 Å². The van der Waals surface area contributed by atoms with Crippen molar-refractivity contribution in [1.29, 1.82) is 0 Å². The summed E-state index contributed by atoms with van der Waals surface area (Å²) in [6.07, 6.45) is 6.03. The standard InChI is InChI=1S/C28H19Cl2N7O2/c1-15(36-26-22-20(38)10-11-31-25(22)34-14-35-26)24-23(29)19-9-5-8-18(16-12-32-28(30)33-13-16)21(19)27(39)37(24)17-6-3-2-4-7-17/h2-15H,1H3,(H2,31,34,35,36,38)/t15-/m0/s1. The third-order valence-corrected chi connectivity index (χ3v) is 7.03. The molecule has 0 aliphatic carbocycles. The first kappa shape index (κ1) is 24.7. The van der Waals surface area contributed by atoms with E-state index in [4.69, 9.17) is 23.2 Å². The second kappa shape index (κ2) is 9.94. The van der Waals surface area contributed by atoms with E-state index in [9.17, 15) is 9.59 Å². The number of pyridine rings is 2. The number of fused-ring (bicyclic) bond motifs is 2. The highest BCUT2D eigenvalue weighted by Crippen LogP contribution is 2.36. The van der Waals surface area contributed by atoms with E-state index in [2.05, 4.69) is 30.2 Å². The number of anilines is 1. The minimum absolute atomic E-state index is 0.108. The minimum Gasteiger partial charge on any atom is -0.361 e. The fourth-order valence-corrected chi connectivity index (χ4v) is 5.23. The van der Waals surface area contributed by atoms with Crippen molar-refractivity contribution in [1.82, 2.24) is 29.5 Å². The number of hydrogen-bond donors (Lipinski definition) is 2. The van der Waals surface area contributed by atoms with Gasteiger partial charge in [0, 0.05) is 41.3 Å². The predicted octanol–water partition coefficient (Wildman–Crippen LogP) is 5.56. The third-order valence-electron chi connectivity index (χ3n) is 6.44. The first-order chi connectivity index (χ1) is 18.9. The number of nitrogens with one attached hydrogen (secondary N) is 2. The number of halogens is 2. The molecule has 4 aromatic heterocycles. The fourth-order valence-electron chi connectivity index (χ4n) is 4.72. The van der Waals surface area contributed by atoms with Crippen LogP contribution in [0.25, 0.3) is 38.6 Å². The zero-order valence-corrected chi connectivity index (χ0v) is 21.9. The van der Waals surface area contributed by atoms with E-state index in [0.29, 0.717) is 55.2 Å². The minimum atomic E-state index is -0.546. The number of hydrogen-bond acceptors (Lipinski definition) is 7. The van der Waals surface area contributed by atoms with Crippen molar-refractivity contribution in [2.24, 2.45) is 0 Å². The molecule has 0 aliphatic heterocycles. The van der Waals surface area contributed by atoms with Crippen molar-refractivity contribution >= 4 is 50.8 Å². The molecule has 0 radical (unpaired) electrons. The van der Waals surface area contributed by atoms with Crippen molar-refractivity contribution < 1.29 is 0 Å². The fraction of sp³-hybridized carbons (Fsp3) is 0.0714. The molecule has 0 amide bonds. The number of aromatic nitrogens is 6. The van der Waals surface area contributed by atoms with Gasteiger partial charge < -0.3 is 10.3 Å². The van der Waals surface area contributed by atoms with Gasteiger partial charge in [0.1, 0.15) is 23.2 Å². The number of H-pyrrole nitrogens is 1. The van der Waals surface area contributed by atoms with E-state index in [0.717, 1.165) is 0 Å². The van der Waals surface area contributed by atoms with Crippen LogP contribution in [0, 0.1) is 0 Å². The summed E-state index contributed by atoms with van der Waals surface area (Å²) >= 11 is 13.0. The summed E-state index contributed by atoms with van der Waals surface area (Å²) in [7, 11) is 0. The summed E-state index contributed by atoms with van der Waals surface area (Å²) < 4.78 is 1.58. The van der Waals surface area contributed by atoms with Crippen LogP contribution in [0.15, 0.2) is 89.1 Å². The molecule has 4 heterocycles. The summed E-state index contributed by atoms with van der Waals surface area (Å²) in [5.41, 5.74) is 2.27. The van der Waals surface area contributed by atoms with Crippen LogP contribution >= 0.6 is 23.2 Å². The second-order valence-electron chi connectivity index (χ2n) is 8.80. The van der Waals surface area contributed by atoms with Crippen molar-refractivity contribution in [2.75, 3.05) is 5.32 Å². The van der Waals surface area contributed by atoms with Crippen LogP contribution in [-0.2, 0) is 0 Å². The van der Waals surface area contributed by atoms with Crippen molar-refractivity contribution in [2.45, 2.75) is 13.0 Å². The van der Waals surface area contributed by atoms with Gasteiger partial charge in [0.05, 0.1) is 22.1 Å². The summed E-state index contributed by atoms with van der Waals surface area (Å²) in [6.45, 7) is 1.86. The van der Waals surface area contributed by atoms with Crippen molar-refractivity contribution in [3.63, 3.8) is 0 Å². The van der Waals surface area contributed by atoms with E-state index in [1.54, 1.807) is 23.0 Å². The quantitative estimate of drug-likeness (QED) is 0.267. The maximum absolute atomic E-state index is 14.3. The number of rotatable bonds is 5. The molecule has 0 saturated heterocycles. The molecule has 0 unspecified atom stereocenters. The number of nitrogens with zero attached hydrogens (tertiary/aromatic N) is 5. The van der Waals surface area contributed by atoms with Crippen LogP contribution in [0.2, 0.25) is 10.3 Å². The lowest BCUT2D eigenvalue weighted by Crippen LogP contribution is -2.27. The molecule has 11 heteroatoms. The normalized spacial score (nSPS) is 12.1. The molecule has 0 bridgehead atoms. The maximum atomic E-state index is 14.3. The monoisotopic (exact) mass is 555 g/mol. The van der Waals surface area contributed by atoms with Crippen molar-refractivity contribution in [3.05, 3.63) is 116 Å². The maximum Gasteiger partial charge on any atom is 0.263 e. The Morgan fingerprint density at radius 1 is 0.897 bits per heavy atom. The van der Waals surface area contributed by atoms with Gasteiger partial charge in [-0.3, -0.25) is 14.2 Å². The van der Waals surface area contributed by atoms with Gasteiger partial charge in [-0.25, -0.2) is 19.9 Å². The highest BCUT2D eigenvalue weighted by Gasteiger charge is 2.24. The van der Waals surface area contributed by atoms with E-state index >= 15 is 0 Å². The Bertz CT molecular complexity index is 1970. The Labute approximate surface area is 231 Å². The van der Waals surface area contributed by atoms with E-state index in [-0.39, 0.29) is 16.3 Å². The molecular weight excluding hydrogens is 537 g/mol. The van der Waals surface area contributed by atoms with Crippen LogP contribution < -0.4 is 16.3 Å². The van der Waals surface area contributed by atoms with Gasteiger partial charge in [-0.15, -0.1) is 0 Å². The second-order valence-corrected chi connectivity index (χ2v) is 9.51. The van der Waals surface area contributed by atoms with Gasteiger partial charge in [0.2, 0.25) is 5.28 Å². The zero-order chi connectivity index (χ0) is 27.1. The summed E-state index contributed by atoms with van der Waals surface area (Å²) in [4.78, 5) is 46.6. The van der Waals surface area contributed by atoms with Crippen LogP contribution in [-0.4, -0.2) is 29.5 Å². The number of para-hydroxylation sites is 1. The SMILES string of the molecule is C[C@H](Nc1ncnc2[nH]ccc(=O)c12)c1c(Cl)c2cccc(-c3cnc(Cl)nc3)c2c(=O)n1-c1ccccc1. The molecule has 1 atom stereocenters. The molecule has 192 valence electrons. The van der Waals surface area contributed by atoms with Crippen LogP contribution in [0.3, 0.4) is 0 Å². The van der Waals surface area contributed by atoms with Crippen LogP contribution in [0.5, 0.6) is 0 Å². The molecule has 6 rings (SSSR count). The smallest absolute Gasteiger partial charge is 0.263 e.